The molecule has 0 fully saturated rings. The summed E-state index contributed by atoms with van der Waals surface area (Å²) in [7, 11) is 0. The molecule has 0 aliphatic rings. The van der Waals surface area contributed by atoms with Crippen molar-refractivity contribution >= 4 is 29.5 Å². The first-order chi connectivity index (χ1) is 6.56. The van der Waals surface area contributed by atoms with Crippen LogP contribution in [0.25, 0.3) is 0 Å². The molecule has 1 unspecified atom stereocenters. The third-order valence-corrected chi connectivity index (χ3v) is 2.67. The van der Waals surface area contributed by atoms with Crippen LogP contribution in [0.15, 0.2) is 12.1 Å². The van der Waals surface area contributed by atoms with E-state index in [1.807, 2.05) is 0 Å². The molecule has 14 heavy (non-hydrogen) atoms. The average molecular weight is 233 g/mol. The lowest BCUT2D eigenvalue weighted by molar-refractivity contribution is -0.113. The summed E-state index contributed by atoms with van der Waals surface area (Å²) in [5.41, 5.74) is 0.754. The van der Waals surface area contributed by atoms with Crippen LogP contribution >= 0.6 is 23.2 Å². The Morgan fingerprint density at radius 1 is 1.43 bits per heavy atom. The van der Waals surface area contributed by atoms with Crippen LogP contribution in [0.4, 0.5) is 0 Å². The first kappa shape index (κ1) is 11.3. The predicted octanol–water partition coefficient (Wildman–Crippen LogP) is 3.27. The summed E-state index contributed by atoms with van der Waals surface area (Å²) in [6.07, 6.45) is 0.202. The highest BCUT2D eigenvalue weighted by Gasteiger charge is 2.10. The molecule has 0 spiro atoms. The van der Waals surface area contributed by atoms with Crippen molar-refractivity contribution < 1.29 is 9.53 Å². The first-order valence-electron chi connectivity index (χ1n) is 4.12. The van der Waals surface area contributed by atoms with Crippen molar-refractivity contribution in [1.29, 1.82) is 0 Å². The number of hydrogen-bond donors (Lipinski definition) is 0. The van der Waals surface area contributed by atoms with Crippen LogP contribution in [0.5, 0.6) is 5.75 Å². The standard InChI is InChI=1S/C10H10Cl2O2/c1-6(5-13)14-9-4-3-8(11)7(2)10(9)12/h3-6H,1-2H3. The fourth-order valence-electron chi connectivity index (χ4n) is 0.956. The maximum atomic E-state index is 10.4. The number of carbonyl (C=O) groups is 1. The van der Waals surface area contributed by atoms with E-state index in [-0.39, 0.29) is 0 Å². The molecule has 0 aliphatic carbocycles. The largest absolute Gasteiger partial charge is 0.482 e. The Labute approximate surface area is 92.8 Å². The summed E-state index contributed by atoms with van der Waals surface area (Å²) < 4.78 is 5.27. The van der Waals surface area contributed by atoms with Crippen LogP contribution in [-0.4, -0.2) is 12.4 Å². The van der Waals surface area contributed by atoms with Gasteiger partial charge in [0, 0.05) is 5.02 Å². The van der Waals surface area contributed by atoms with Gasteiger partial charge in [-0.3, -0.25) is 4.79 Å². The van der Waals surface area contributed by atoms with Crippen molar-refractivity contribution in [2.75, 3.05) is 0 Å². The molecular weight excluding hydrogens is 223 g/mol. The Morgan fingerprint density at radius 3 is 2.64 bits per heavy atom. The zero-order chi connectivity index (χ0) is 10.7. The van der Waals surface area contributed by atoms with Crippen molar-refractivity contribution in [3.8, 4) is 5.75 Å². The highest BCUT2D eigenvalue weighted by molar-refractivity contribution is 6.36. The minimum absolute atomic E-state index is 0.450. The maximum absolute atomic E-state index is 10.4. The molecule has 0 heterocycles. The van der Waals surface area contributed by atoms with Crippen LogP contribution in [0.3, 0.4) is 0 Å². The van der Waals surface area contributed by atoms with Gasteiger partial charge in [0.2, 0.25) is 0 Å². The Hall–Kier alpha value is -0.730. The van der Waals surface area contributed by atoms with Crippen LogP contribution in [0.1, 0.15) is 12.5 Å². The van der Waals surface area contributed by atoms with Crippen LogP contribution in [0.2, 0.25) is 10.0 Å². The maximum Gasteiger partial charge on any atom is 0.160 e. The molecule has 0 aliphatic heterocycles. The predicted molar refractivity (Wildman–Crippen MR) is 57.4 cm³/mol. The van der Waals surface area contributed by atoms with Crippen LogP contribution < -0.4 is 4.74 Å². The number of carbonyl (C=O) groups excluding carboxylic acids is 1. The Balaban J connectivity index is 2.99. The Morgan fingerprint density at radius 2 is 2.07 bits per heavy atom. The molecule has 4 heteroatoms. The van der Waals surface area contributed by atoms with Gasteiger partial charge in [-0.25, -0.2) is 0 Å². The van der Waals surface area contributed by atoms with Crippen LogP contribution in [0, 0.1) is 6.92 Å². The molecule has 76 valence electrons. The van der Waals surface area contributed by atoms with Crippen molar-refractivity contribution in [3.63, 3.8) is 0 Å². The zero-order valence-electron chi connectivity index (χ0n) is 7.88. The molecule has 0 radical (unpaired) electrons. The van der Waals surface area contributed by atoms with E-state index in [1.54, 1.807) is 26.0 Å². The third-order valence-electron chi connectivity index (χ3n) is 1.79. The Bertz CT molecular complexity index is 350. The first-order valence-corrected chi connectivity index (χ1v) is 4.88. The second-order valence-electron chi connectivity index (χ2n) is 2.94. The summed E-state index contributed by atoms with van der Waals surface area (Å²) in [6.45, 7) is 3.44. The van der Waals surface area contributed by atoms with Gasteiger partial charge in [0.25, 0.3) is 0 Å². The van der Waals surface area contributed by atoms with E-state index in [9.17, 15) is 4.79 Å². The molecule has 2 nitrogen and oxygen atoms in total. The van der Waals surface area contributed by atoms with Gasteiger partial charge in [0.1, 0.15) is 5.75 Å². The summed E-state index contributed by atoms with van der Waals surface area (Å²) >= 11 is 11.8. The summed E-state index contributed by atoms with van der Waals surface area (Å²) in [6, 6.07) is 3.34. The lowest BCUT2D eigenvalue weighted by Crippen LogP contribution is -2.13. The monoisotopic (exact) mass is 232 g/mol. The van der Waals surface area contributed by atoms with Crippen molar-refractivity contribution in [1.82, 2.24) is 0 Å². The highest BCUT2D eigenvalue weighted by Crippen LogP contribution is 2.32. The quantitative estimate of drug-likeness (QED) is 0.749. The van der Waals surface area contributed by atoms with Gasteiger partial charge in [-0.1, -0.05) is 23.2 Å². The van der Waals surface area contributed by atoms with E-state index < -0.39 is 6.10 Å². The number of hydrogen-bond acceptors (Lipinski definition) is 2. The lowest BCUT2D eigenvalue weighted by Gasteiger charge is -2.12. The molecule has 0 N–H and O–H groups in total. The van der Waals surface area contributed by atoms with E-state index >= 15 is 0 Å². The lowest BCUT2D eigenvalue weighted by atomic mass is 10.2. The minimum Gasteiger partial charge on any atom is -0.482 e. The van der Waals surface area contributed by atoms with E-state index in [0.717, 1.165) is 5.56 Å². The minimum atomic E-state index is -0.506. The molecule has 0 saturated carbocycles. The zero-order valence-corrected chi connectivity index (χ0v) is 9.39. The molecule has 0 aromatic heterocycles. The fraction of sp³-hybridized carbons (Fsp3) is 0.300. The number of aldehydes is 1. The van der Waals surface area contributed by atoms with Gasteiger partial charge in [0.15, 0.2) is 12.4 Å². The fourth-order valence-corrected chi connectivity index (χ4v) is 1.37. The van der Waals surface area contributed by atoms with Gasteiger partial charge in [0.05, 0.1) is 5.02 Å². The van der Waals surface area contributed by atoms with Crippen molar-refractivity contribution in [2.45, 2.75) is 20.0 Å². The van der Waals surface area contributed by atoms with Gasteiger partial charge < -0.3 is 4.74 Å². The third kappa shape index (κ3) is 2.40. The van der Waals surface area contributed by atoms with Gasteiger partial charge >= 0.3 is 0 Å². The molecular formula is C10H10Cl2O2. The smallest absolute Gasteiger partial charge is 0.160 e. The van der Waals surface area contributed by atoms with Gasteiger partial charge in [-0.15, -0.1) is 0 Å². The second kappa shape index (κ2) is 4.67. The van der Waals surface area contributed by atoms with E-state index in [4.69, 9.17) is 27.9 Å². The van der Waals surface area contributed by atoms with E-state index in [2.05, 4.69) is 0 Å². The second-order valence-corrected chi connectivity index (χ2v) is 3.73. The van der Waals surface area contributed by atoms with Crippen LogP contribution in [-0.2, 0) is 4.79 Å². The van der Waals surface area contributed by atoms with Crippen molar-refractivity contribution in [2.24, 2.45) is 0 Å². The molecule has 1 aromatic rings. The summed E-state index contributed by atoms with van der Waals surface area (Å²) in [5, 5.41) is 1.03. The molecule has 1 atom stereocenters. The normalized spacial score (nSPS) is 12.3. The Kier molecular flexibility index (Phi) is 3.78. The molecule has 1 aromatic carbocycles. The topological polar surface area (TPSA) is 26.3 Å². The highest BCUT2D eigenvalue weighted by atomic mass is 35.5. The van der Waals surface area contributed by atoms with E-state index in [0.29, 0.717) is 22.1 Å². The number of benzene rings is 1. The average Bonchev–Trinajstić information content (AvgIpc) is 2.19. The molecule has 0 saturated heterocycles. The SMILES string of the molecule is Cc1c(Cl)ccc(OC(C)C=O)c1Cl. The van der Waals surface area contributed by atoms with Gasteiger partial charge in [-0.2, -0.15) is 0 Å². The molecule has 1 rings (SSSR count). The van der Waals surface area contributed by atoms with Gasteiger partial charge in [-0.05, 0) is 31.5 Å². The van der Waals surface area contributed by atoms with E-state index in [1.165, 1.54) is 0 Å². The summed E-state index contributed by atoms with van der Waals surface area (Å²) in [5.74, 6) is 0.480. The summed E-state index contributed by atoms with van der Waals surface area (Å²) in [4.78, 5) is 10.4. The number of ether oxygens (including phenoxy) is 1. The number of rotatable bonds is 3. The number of halogens is 2. The molecule has 0 bridgehead atoms. The van der Waals surface area contributed by atoms with Crippen molar-refractivity contribution in [3.05, 3.63) is 27.7 Å². The molecule has 0 amide bonds.